The van der Waals surface area contributed by atoms with E-state index in [1.54, 1.807) is 12.1 Å². The van der Waals surface area contributed by atoms with E-state index in [1.807, 2.05) is 17.0 Å². The number of hydrogen-bond donors (Lipinski definition) is 3. The number of carbonyl (C=O) groups is 2. The van der Waals surface area contributed by atoms with Gasteiger partial charge in [-0.2, -0.15) is 0 Å². The number of unbranched alkanes of at least 4 members (excludes halogenated alkanes) is 1. The van der Waals surface area contributed by atoms with Crippen LogP contribution in [0.2, 0.25) is 0 Å². The molecule has 1 rings (SSSR count). The molecule has 39 heavy (non-hydrogen) atoms. The van der Waals surface area contributed by atoms with E-state index >= 15 is 0 Å². The third-order valence-electron chi connectivity index (χ3n) is 5.54. The first-order chi connectivity index (χ1) is 16.7. The zero-order valence-corrected chi connectivity index (χ0v) is 31.9. The van der Waals surface area contributed by atoms with Gasteiger partial charge in [0.15, 0.2) is 12.7 Å². The van der Waals surface area contributed by atoms with Gasteiger partial charge in [-0.1, -0.05) is 12.1 Å². The summed E-state index contributed by atoms with van der Waals surface area (Å²) < 4.78 is 22.4. The number of rotatable bonds is 17. The molecule has 206 valence electrons. The first-order valence-electron chi connectivity index (χ1n) is 10.9. The van der Waals surface area contributed by atoms with E-state index in [1.165, 1.54) is 11.9 Å². The predicted octanol–water partition coefficient (Wildman–Crippen LogP) is -9.63. The molecule has 0 radical (unpaired) electrons. The molecule has 1 aromatic rings. The number of aliphatic hydroxyl groups is 1. The molecule has 2 amide bonds. The van der Waals surface area contributed by atoms with E-state index in [4.69, 9.17) is 28.1 Å². The monoisotopic (exact) mass is 657 g/mol. The third kappa shape index (κ3) is 14.4. The number of amides is 2. The molecule has 0 heterocycles. The summed E-state index contributed by atoms with van der Waals surface area (Å²) in [5, 5.41) is 8.37. The van der Waals surface area contributed by atoms with Crippen molar-refractivity contribution < 1.29 is 132 Å². The van der Waals surface area contributed by atoms with Crippen LogP contribution < -0.4 is 114 Å². The molecule has 19 heteroatoms. The fourth-order valence-electron chi connectivity index (χ4n) is 3.47. The molecule has 0 aliphatic carbocycles. The Morgan fingerprint density at radius 1 is 1.05 bits per heavy atom. The Hall–Kier alpha value is 1.80. The topological polar surface area (TPSA) is 196 Å². The minimum Gasteiger partial charge on any atom is -0.808 e. The molecule has 0 aliphatic heterocycles. The van der Waals surface area contributed by atoms with Gasteiger partial charge in [-0.25, -0.2) is 0 Å². The smallest absolute Gasteiger partial charge is 0.808 e. The number of halogens is 2. The van der Waals surface area contributed by atoms with Crippen molar-refractivity contribution in [2.24, 2.45) is 0 Å². The van der Waals surface area contributed by atoms with Crippen LogP contribution in [0.15, 0.2) is 24.3 Å². The average Bonchev–Trinajstić information content (AvgIpc) is 2.79. The molecule has 1 aromatic carbocycles. The normalized spacial score (nSPS) is 14.7. The molecule has 0 aliphatic rings. The summed E-state index contributed by atoms with van der Waals surface area (Å²) in [5.41, 5.74) is 1.66. The molecular weight excluding hydrogens is 628 g/mol. The number of likely N-dealkylation sites (N-methyl/N-ethyl adjacent to an activating group) is 1. The maximum Gasteiger partial charge on any atom is 1.00 e. The van der Waals surface area contributed by atoms with Crippen molar-refractivity contribution in [3.63, 3.8) is 0 Å². The number of nitrogens with zero attached hydrogens (tertiary/aromatic N) is 2. The first-order valence-corrected chi connectivity index (χ1v) is 15.1. The van der Waals surface area contributed by atoms with E-state index < -0.39 is 38.6 Å². The minimum absolute atomic E-state index is 0. The van der Waals surface area contributed by atoms with Crippen LogP contribution in [-0.4, -0.2) is 76.8 Å². The average molecular weight is 658 g/mol. The fraction of sp³-hybridized carbons (Fsp3) is 0.600. The van der Waals surface area contributed by atoms with Crippen molar-refractivity contribution in [2.45, 2.75) is 36.8 Å². The van der Waals surface area contributed by atoms with Crippen LogP contribution in [0.5, 0.6) is 0 Å². The Morgan fingerprint density at radius 3 is 1.97 bits per heavy atom. The Balaban J connectivity index is -0.00000432. The molecule has 0 aromatic heterocycles. The summed E-state index contributed by atoms with van der Waals surface area (Å²) in [6.07, 6.45) is -0.788. The second kappa shape index (κ2) is 21.5. The second-order valence-corrected chi connectivity index (χ2v) is 12.7. The largest absolute Gasteiger partial charge is 1.00 e. The van der Waals surface area contributed by atoms with Crippen LogP contribution in [0.3, 0.4) is 0 Å². The fourth-order valence-corrected chi connectivity index (χ4v) is 5.99. The van der Waals surface area contributed by atoms with Crippen LogP contribution in [-0.2, 0) is 25.1 Å². The quantitative estimate of drug-likeness (QED) is 0.0476. The standard InChI is InChI=1S/C20H33Cl2N3O9P2.3Na/c1-24(11-3-2-8-20(28,35(29,30)31)36(32,33)34)19(27)18(23-15-26)14-16-4-6-17(7-5-16)25(12-9-21)13-10-22;;;/h4-7,15,18,28H,2-3,8-14H2,1H3,(H,23,26)(H2,29,30,31)(H2,32,33,34);;;/q;3*+1/p-3/t18-;;;/m0.../s1. The molecular formula is C20H30Cl2N3Na3O9P2. The molecule has 0 bridgehead atoms. The Bertz CT molecular complexity index is 930. The van der Waals surface area contributed by atoms with Crippen LogP contribution >= 0.6 is 38.4 Å². The Morgan fingerprint density at radius 2 is 1.56 bits per heavy atom. The summed E-state index contributed by atoms with van der Waals surface area (Å²) in [4.78, 5) is 69.7. The van der Waals surface area contributed by atoms with Crippen LogP contribution in [0.25, 0.3) is 0 Å². The van der Waals surface area contributed by atoms with Crippen molar-refractivity contribution in [3.05, 3.63) is 29.8 Å². The van der Waals surface area contributed by atoms with Crippen LogP contribution in [0, 0.1) is 0 Å². The first kappa shape index (κ1) is 45.2. The van der Waals surface area contributed by atoms with E-state index in [9.17, 15) is 38.5 Å². The summed E-state index contributed by atoms with van der Waals surface area (Å²) in [7, 11) is -10.6. The van der Waals surface area contributed by atoms with Gasteiger partial charge < -0.3 is 48.9 Å². The van der Waals surface area contributed by atoms with Gasteiger partial charge in [0.25, 0.3) is 0 Å². The summed E-state index contributed by atoms with van der Waals surface area (Å²) in [5.74, 6) is 0.378. The summed E-state index contributed by atoms with van der Waals surface area (Å²) >= 11 is 11.7. The molecule has 0 spiro atoms. The predicted molar refractivity (Wildman–Crippen MR) is 131 cm³/mol. The molecule has 12 nitrogen and oxygen atoms in total. The number of alkyl halides is 2. The van der Waals surface area contributed by atoms with Crippen molar-refractivity contribution in [2.75, 3.05) is 43.3 Å². The number of benzene rings is 1. The van der Waals surface area contributed by atoms with Crippen molar-refractivity contribution in [1.82, 2.24) is 10.2 Å². The molecule has 3 atom stereocenters. The number of hydrogen-bond acceptors (Lipinski definition) is 9. The van der Waals surface area contributed by atoms with Gasteiger partial charge in [0.2, 0.25) is 12.3 Å². The van der Waals surface area contributed by atoms with E-state index in [2.05, 4.69) is 5.32 Å². The maximum atomic E-state index is 12.8. The maximum absolute atomic E-state index is 12.8. The molecule has 3 N–H and O–H groups in total. The van der Waals surface area contributed by atoms with E-state index in [0.717, 1.165) is 11.3 Å². The number of anilines is 1. The summed E-state index contributed by atoms with van der Waals surface area (Å²) in [6.45, 7) is 1.21. The molecule has 2 unspecified atom stereocenters. The van der Waals surface area contributed by atoms with E-state index in [0.29, 0.717) is 31.3 Å². The molecule has 0 saturated carbocycles. The zero-order chi connectivity index (χ0) is 27.6. The van der Waals surface area contributed by atoms with Crippen molar-refractivity contribution >= 4 is 56.4 Å². The van der Waals surface area contributed by atoms with Crippen LogP contribution in [0.4, 0.5) is 5.69 Å². The second-order valence-electron chi connectivity index (χ2n) is 8.08. The van der Waals surface area contributed by atoms with Gasteiger partial charge in [0, 0.05) is 50.6 Å². The van der Waals surface area contributed by atoms with Crippen molar-refractivity contribution in [3.8, 4) is 0 Å². The van der Waals surface area contributed by atoms with Gasteiger partial charge in [-0.3, -0.25) is 9.59 Å². The SMILES string of the molecule is CN(CCCCC(O)(P(=O)([O-])[O-])P(=O)([O-])O)C(=O)[C@H](Cc1ccc(N(CCCl)CCCl)cc1)NC=O.[Na+].[Na+].[Na+]. The van der Waals surface area contributed by atoms with Crippen molar-refractivity contribution in [1.29, 1.82) is 0 Å². The van der Waals surface area contributed by atoms with Gasteiger partial charge in [-0.05, 0) is 44.6 Å². The van der Waals surface area contributed by atoms with Gasteiger partial charge in [0.05, 0.1) is 0 Å². The van der Waals surface area contributed by atoms with E-state index in [-0.39, 0.29) is 114 Å². The number of nitrogens with one attached hydrogen (secondary N) is 1. The zero-order valence-electron chi connectivity index (χ0n) is 22.6. The summed E-state index contributed by atoms with van der Waals surface area (Å²) in [6, 6.07) is 6.39. The minimum atomic E-state index is -6.09. The Kier molecular flexibility index (Phi) is 24.9. The third-order valence-corrected chi connectivity index (χ3v) is 9.60. The van der Waals surface area contributed by atoms with Crippen LogP contribution in [0.1, 0.15) is 24.8 Å². The Labute approximate surface area is 305 Å². The van der Waals surface area contributed by atoms with Gasteiger partial charge in [-0.15, -0.1) is 23.2 Å². The molecule has 0 saturated heterocycles. The van der Waals surface area contributed by atoms with Gasteiger partial charge >= 0.3 is 88.7 Å². The van der Waals surface area contributed by atoms with Gasteiger partial charge in [0.1, 0.15) is 6.04 Å². The molecule has 0 fully saturated rings. The number of carbonyl (C=O) groups excluding carboxylic acids is 2.